The van der Waals surface area contributed by atoms with Gasteiger partial charge in [-0.1, -0.05) is 58.6 Å². The molecule has 5 nitrogen and oxygen atoms in total. The van der Waals surface area contributed by atoms with Gasteiger partial charge in [-0.3, -0.25) is 4.79 Å². The molecule has 0 fully saturated rings. The van der Waals surface area contributed by atoms with E-state index < -0.39 is 5.91 Å². The van der Waals surface area contributed by atoms with Crippen LogP contribution in [-0.4, -0.2) is 12.5 Å². The standard InChI is InChI=1S/C26H21Cl3N2O3/c1-3-33-24-13-18(10-19(14-30)26(32)31-20-7-4-16(2)5-8-20)12-23(29)25(24)34-15-17-6-9-21(27)22(28)11-17/h4-13H,3,15H2,1-2H3,(H,31,32)/b19-10+. The summed E-state index contributed by atoms with van der Waals surface area (Å²) in [7, 11) is 0. The number of carbonyl (C=O) groups excluding carboxylic acids is 1. The molecule has 0 atom stereocenters. The number of halogens is 3. The first-order valence-electron chi connectivity index (χ1n) is 10.3. The second-order valence-electron chi connectivity index (χ2n) is 7.29. The zero-order valence-corrected chi connectivity index (χ0v) is 20.8. The van der Waals surface area contributed by atoms with Crippen LogP contribution in [0, 0.1) is 18.3 Å². The maximum Gasteiger partial charge on any atom is 0.266 e. The predicted octanol–water partition coefficient (Wildman–Crippen LogP) is 7.48. The van der Waals surface area contributed by atoms with Crippen molar-refractivity contribution >= 4 is 52.5 Å². The molecule has 0 unspecified atom stereocenters. The summed E-state index contributed by atoms with van der Waals surface area (Å²) in [5.41, 5.74) is 2.90. The van der Waals surface area contributed by atoms with E-state index in [4.69, 9.17) is 44.3 Å². The van der Waals surface area contributed by atoms with E-state index in [9.17, 15) is 10.1 Å². The fourth-order valence-electron chi connectivity index (χ4n) is 3.01. The summed E-state index contributed by atoms with van der Waals surface area (Å²) in [5.74, 6) is 0.201. The van der Waals surface area contributed by atoms with Crippen LogP contribution in [0.2, 0.25) is 15.1 Å². The number of nitrogens with one attached hydrogen (secondary N) is 1. The summed E-state index contributed by atoms with van der Waals surface area (Å²) in [6, 6.07) is 17.7. The third kappa shape index (κ3) is 6.68. The molecule has 3 rings (SSSR count). The zero-order chi connectivity index (χ0) is 24.7. The quantitative estimate of drug-likeness (QED) is 0.249. The van der Waals surface area contributed by atoms with Crippen LogP contribution < -0.4 is 14.8 Å². The van der Waals surface area contributed by atoms with E-state index in [0.717, 1.165) is 11.1 Å². The maximum atomic E-state index is 12.6. The van der Waals surface area contributed by atoms with Crippen molar-refractivity contribution < 1.29 is 14.3 Å². The average Bonchev–Trinajstić information content (AvgIpc) is 2.80. The normalized spacial score (nSPS) is 11.0. The second kappa shape index (κ2) is 11.8. The number of benzene rings is 3. The molecule has 0 aliphatic rings. The molecule has 0 heterocycles. The molecular weight excluding hydrogens is 495 g/mol. The molecule has 3 aromatic carbocycles. The van der Waals surface area contributed by atoms with E-state index in [1.54, 1.807) is 42.5 Å². The monoisotopic (exact) mass is 514 g/mol. The fraction of sp³-hybridized carbons (Fsp3) is 0.154. The number of aryl methyl sites for hydroxylation is 1. The second-order valence-corrected chi connectivity index (χ2v) is 8.51. The number of nitriles is 1. The Morgan fingerprint density at radius 2 is 1.74 bits per heavy atom. The molecule has 1 amide bonds. The molecule has 0 bridgehead atoms. The van der Waals surface area contributed by atoms with Gasteiger partial charge in [-0.25, -0.2) is 0 Å². The van der Waals surface area contributed by atoms with Gasteiger partial charge >= 0.3 is 0 Å². The van der Waals surface area contributed by atoms with Gasteiger partial charge in [0.2, 0.25) is 0 Å². The minimum atomic E-state index is -0.527. The highest BCUT2D eigenvalue weighted by Gasteiger charge is 2.15. The summed E-state index contributed by atoms with van der Waals surface area (Å²) >= 11 is 18.5. The molecule has 0 saturated heterocycles. The lowest BCUT2D eigenvalue weighted by Gasteiger charge is -2.15. The van der Waals surface area contributed by atoms with E-state index >= 15 is 0 Å². The number of amides is 1. The zero-order valence-electron chi connectivity index (χ0n) is 18.5. The van der Waals surface area contributed by atoms with Crippen LogP contribution in [0.3, 0.4) is 0 Å². The van der Waals surface area contributed by atoms with Crippen molar-refractivity contribution in [3.8, 4) is 17.6 Å². The van der Waals surface area contributed by atoms with E-state index in [1.165, 1.54) is 6.08 Å². The fourth-order valence-corrected chi connectivity index (χ4v) is 3.60. The van der Waals surface area contributed by atoms with E-state index in [-0.39, 0.29) is 17.2 Å². The predicted molar refractivity (Wildman–Crippen MR) is 137 cm³/mol. The molecule has 0 saturated carbocycles. The molecule has 0 aliphatic heterocycles. The topological polar surface area (TPSA) is 71.3 Å². The van der Waals surface area contributed by atoms with Gasteiger partial charge in [0, 0.05) is 5.69 Å². The van der Waals surface area contributed by atoms with Gasteiger partial charge in [-0.15, -0.1) is 0 Å². The summed E-state index contributed by atoms with van der Waals surface area (Å²) < 4.78 is 11.6. The SMILES string of the molecule is CCOc1cc(/C=C(\C#N)C(=O)Nc2ccc(C)cc2)cc(Cl)c1OCc1ccc(Cl)c(Cl)c1. The van der Waals surface area contributed by atoms with Crippen molar-refractivity contribution in [2.24, 2.45) is 0 Å². The number of hydrogen-bond donors (Lipinski definition) is 1. The molecule has 0 aromatic heterocycles. The Balaban J connectivity index is 1.84. The molecule has 0 radical (unpaired) electrons. The number of carbonyl (C=O) groups is 1. The molecular formula is C26H21Cl3N2O3. The maximum absolute atomic E-state index is 12.6. The molecule has 3 aromatic rings. The molecule has 174 valence electrons. The van der Waals surface area contributed by atoms with Crippen LogP contribution in [0.1, 0.15) is 23.6 Å². The third-order valence-electron chi connectivity index (χ3n) is 4.68. The highest BCUT2D eigenvalue weighted by atomic mass is 35.5. The average molecular weight is 516 g/mol. The summed E-state index contributed by atoms with van der Waals surface area (Å²) in [5, 5.41) is 13.4. The lowest BCUT2D eigenvalue weighted by molar-refractivity contribution is -0.112. The van der Waals surface area contributed by atoms with Gasteiger partial charge in [0.15, 0.2) is 11.5 Å². The highest BCUT2D eigenvalue weighted by Crippen LogP contribution is 2.38. The number of hydrogen-bond acceptors (Lipinski definition) is 4. The number of nitrogens with zero attached hydrogens (tertiary/aromatic N) is 1. The van der Waals surface area contributed by atoms with Crippen LogP contribution in [-0.2, 0) is 11.4 Å². The number of rotatable bonds is 8. The Kier molecular flexibility index (Phi) is 8.84. The lowest BCUT2D eigenvalue weighted by atomic mass is 10.1. The first-order chi connectivity index (χ1) is 16.3. The van der Waals surface area contributed by atoms with Gasteiger partial charge in [-0.2, -0.15) is 5.26 Å². The van der Waals surface area contributed by atoms with Crippen LogP contribution in [0.5, 0.6) is 11.5 Å². The van der Waals surface area contributed by atoms with Gasteiger partial charge < -0.3 is 14.8 Å². The Hall–Kier alpha value is -3.17. The molecule has 8 heteroatoms. The van der Waals surface area contributed by atoms with Crippen molar-refractivity contribution in [2.75, 3.05) is 11.9 Å². The highest BCUT2D eigenvalue weighted by molar-refractivity contribution is 6.42. The van der Waals surface area contributed by atoms with Crippen LogP contribution in [0.25, 0.3) is 6.08 Å². The Morgan fingerprint density at radius 1 is 1.00 bits per heavy atom. The minimum absolute atomic E-state index is 0.0800. The van der Waals surface area contributed by atoms with Gasteiger partial charge in [0.25, 0.3) is 5.91 Å². The molecule has 1 N–H and O–H groups in total. The van der Waals surface area contributed by atoms with Crippen LogP contribution in [0.4, 0.5) is 5.69 Å². The molecule has 0 spiro atoms. The van der Waals surface area contributed by atoms with Crippen molar-refractivity contribution in [1.82, 2.24) is 0 Å². The van der Waals surface area contributed by atoms with Crippen LogP contribution >= 0.6 is 34.8 Å². The summed E-state index contributed by atoms with van der Waals surface area (Å²) in [6.07, 6.45) is 1.45. The van der Waals surface area contributed by atoms with Crippen molar-refractivity contribution in [3.05, 3.63) is 91.9 Å². The van der Waals surface area contributed by atoms with Crippen molar-refractivity contribution in [3.63, 3.8) is 0 Å². The Morgan fingerprint density at radius 3 is 2.38 bits per heavy atom. The van der Waals surface area contributed by atoms with Gasteiger partial charge in [0.1, 0.15) is 18.2 Å². The number of anilines is 1. The lowest BCUT2D eigenvalue weighted by Crippen LogP contribution is -2.13. The Labute approximate surface area is 213 Å². The van der Waals surface area contributed by atoms with Crippen LogP contribution in [0.15, 0.2) is 60.2 Å². The summed E-state index contributed by atoms with van der Waals surface area (Å²) in [4.78, 5) is 12.6. The largest absolute Gasteiger partial charge is 0.490 e. The van der Waals surface area contributed by atoms with E-state index in [1.807, 2.05) is 32.0 Å². The Bertz CT molecular complexity index is 1270. The van der Waals surface area contributed by atoms with Crippen molar-refractivity contribution in [2.45, 2.75) is 20.5 Å². The molecule has 34 heavy (non-hydrogen) atoms. The van der Waals surface area contributed by atoms with Crippen molar-refractivity contribution in [1.29, 1.82) is 5.26 Å². The number of ether oxygens (including phenoxy) is 2. The van der Waals surface area contributed by atoms with E-state index in [2.05, 4.69) is 5.32 Å². The first kappa shape index (κ1) is 25.5. The van der Waals surface area contributed by atoms with Gasteiger partial charge in [0.05, 0.1) is 21.7 Å². The molecule has 0 aliphatic carbocycles. The smallest absolute Gasteiger partial charge is 0.266 e. The van der Waals surface area contributed by atoms with E-state index in [0.29, 0.717) is 39.4 Å². The minimum Gasteiger partial charge on any atom is -0.490 e. The third-order valence-corrected chi connectivity index (χ3v) is 5.70. The van der Waals surface area contributed by atoms with Gasteiger partial charge in [-0.05, 0) is 67.4 Å². The summed E-state index contributed by atoms with van der Waals surface area (Å²) in [6.45, 7) is 4.33. The first-order valence-corrected chi connectivity index (χ1v) is 11.5.